The first-order valence-electron chi connectivity index (χ1n) is 5.61. The van der Waals surface area contributed by atoms with Crippen molar-refractivity contribution in [2.75, 3.05) is 12.4 Å². The van der Waals surface area contributed by atoms with Crippen LogP contribution in [0.4, 0.5) is 14.5 Å². The molecule has 0 atom stereocenters. The van der Waals surface area contributed by atoms with E-state index in [1.54, 1.807) is 0 Å². The van der Waals surface area contributed by atoms with Gasteiger partial charge in [-0.15, -0.1) is 0 Å². The zero-order valence-electron chi connectivity index (χ0n) is 9.87. The van der Waals surface area contributed by atoms with Gasteiger partial charge in [-0.05, 0) is 25.0 Å². The van der Waals surface area contributed by atoms with Crippen molar-refractivity contribution < 1.29 is 18.3 Å². The molecule has 0 fully saturated rings. The van der Waals surface area contributed by atoms with Gasteiger partial charge in [0.15, 0.2) is 11.6 Å². The number of hydrogen-bond acceptors (Lipinski definition) is 3. The molecule has 0 heterocycles. The van der Waals surface area contributed by atoms with Crippen LogP contribution in [0.3, 0.4) is 0 Å². The molecule has 0 spiro atoms. The molecule has 0 saturated carbocycles. The second kappa shape index (κ2) is 5.16. The summed E-state index contributed by atoms with van der Waals surface area (Å²) in [6, 6.07) is 2.64. The summed E-state index contributed by atoms with van der Waals surface area (Å²) in [6.45, 7) is 0. The lowest BCUT2D eigenvalue weighted by Gasteiger charge is -2.15. The fourth-order valence-corrected chi connectivity index (χ4v) is 1.88. The van der Waals surface area contributed by atoms with Gasteiger partial charge in [0.1, 0.15) is 0 Å². The number of hydrogen-bond donors (Lipinski definition) is 1. The Kier molecular flexibility index (Phi) is 3.60. The first-order valence-corrected chi connectivity index (χ1v) is 5.61. The first kappa shape index (κ1) is 12.5. The summed E-state index contributed by atoms with van der Waals surface area (Å²) in [5.41, 5.74) is -0.334. The predicted octanol–water partition coefficient (Wildman–Crippen LogP) is 2.88. The number of ether oxygens (including phenoxy) is 1. The van der Waals surface area contributed by atoms with Crippen LogP contribution in [0.15, 0.2) is 24.3 Å². The summed E-state index contributed by atoms with van der Waals surface area (Å²) in [6.07, 6.45) is 5.52. The van der Waals surface area contributed by atoms with Crippen molar-refractivity contribution in [1.29, 1.82) is 0 Å². The van der Waals surface area contributed by atoms with Crippen LogP contribution in [0.5, 0.6) is 0 Å². The normalized spacial score (nSPS) is 14.8. The molecule has 3 nitrogen and oxygen atoms in total. The van der Waals surface area contributed by atoms with E-state index in [1.807, 2.05) is 12.2 Å². The molecule has 0 aromatic heterocycles. The Morgan fingerprint density at radius 1 is 1.28 bits per heavy atom. The second-order valence-electron chi connectivity index (χ2n) is 4.06. The second-order valence-corrected chi connectivity index (χ2v) is 4.06. The first-order chi connectivity index (χ1) is 8.63. The van der Waals surface area contributed by atoms with E-state index in [0.717, 1.165) is 20.0 Å². The van der Waals surface area contributed by atoms with Crippen LogP contribution in [0, 0.1) is 11.6 Å². The highest BCUT2D eigenvalue weighted by atomic mass is 19.2. The summed E-state index contributed by atoms with van der Waals surface area (Å²) in [5, 5.41) is 2.90. The van der Waals surface area contributed by atoms with Crippen LogP contribution in [0.2, 0.25) is 0 Å². The summed E-state index contributed by atoms with van der Waals surface area (Å²) < 4.78 is 31.8. The molecule has 0 bridgehead atoms. The van der Waals surface area contributed by atoms with Crippen LogP contribution < -0.4 is 5.32 Å². The Labute approximate surface area is 103 Å². The zero-order chi connectivity index (χ0) is 13.1. The fraction of sp³-hybridized carbons (Fsp3) is 0.308. The summed E-state index contributed by atoms with van der Waals surface area (Å²) >= 11 is 0. The molecule has 1 aliphatic carbocycles. The minimum absolute atomic E-state index is 0.0638. The number of rotatable bonds is 3. The van der Waals surface area contributed by atoms with E-state index in [4.69, 9.17) is 0 Å². The molecule has 0 aliphatic heterocycles. The van der Waals surface area contributed by atoms with Gasteiger partial charge >= 0.3 is 5.97 Å². The number of halogens is 2. The zero-order valence-corrected chi connectivity index (χ0v) is 9.87. The number of nitrogens with one attached hydrogen (secondary N) is 1. The third kappa shape index (κ3) is 2.34. The van der Waals surface area contributed by atoms with E-state index in [0.29, 0.717) is 0 Å². The van der Waals surface area contributed by atoms with Crippen LogP contribution in [-0.4, -0.2) is 19.1 Å². The SMILES string of the molecule is COC(=O)c1ccc(NC2CC=CC2)c(F)c1F. The van der Waals surface area contributed by atoms with Crippen molar-refractivity contribution in [1.82, 2.24) is 0 Å². The highest BCUT2D eigenvalue weighted by Gasteiger charge is 2.20. The van der Waals surface area contributed by atoms with Gasteiger partial charge in [0.25, 0.3) is 0 Å². The number of carbonyl (C=O) groups excluding carboxylic acids is 1. The fourth-order valence-electron chi connectivity index (χ4n) is 1.88. The molecular formula is C13H13F2NO2. The van der Waals surface area contributed by atoms with Crippen molar-refractivity contribution in [3.63, 3.8) is 0 Å². The van der Waals surface area contributed by atoms with Gasteiger partial charge in [-0.25, -0.2) is 13.6 Å². The van der Waals surface area contributed by atoms with Gasteiger partial charge in [-0.2, -0.15) is 0 Å². The van der Waals surface area contributed by atoms with Crippen molar-refractivity contribution in [3.8, 4) is 0 Å². The Balaban J connectivity index is 2.23. The van der Waals surface area contributed by atoms with E-state index in [-0.39, 0.29) is 11.7 Å². The topological polar surface area (TPSA) is 38.3 Å². The van der Waals surface area contributed by atoms with E-state index in [1.165, 1.54) is 12.1 Å². The third-order valence-electron chi connectivity index (χ3n) is 2.86. The molecule has 2 rings (SSSR count). The number of methoxy groups -OCH3 is 1. The van der Waals surface area contributed by atoms with Gasteiger partial charge in [0, 0.05) is 6.04 Å². The number of benzene rings is 1. The molecule has 96 valence electrons. The Morgan fingerprint density at radius 2 is 1.94 bits per heavy atom. The average molecular weight is 253 g/mol. The lowest BCUT2D eigenvalue weighted by atomic mass is 10.1. The van der Waals surface area contributed by atoms with Crippen molar-refractivity contribution in [2.24, 2.45) is 0 Å². The number of carbonyl (C=O) groups is 1. The molecule has 5 heteroatoms. The summed E-state index contributed by atoms with van der Waals surface area (Å²) in [7, 11) is 1.12. The van der Waals surface area contributed by atoms with Gasteiger partial charge in [-0.1, -0.05) is 12.2 Å². The molecule has 0 radical (unpaired) electrons. The van der Waals surface area contributed by atoms with E-state index >= 15 is 0 Å². The number of anilines is 1. The van der Waals surface area contributed by atoms with E-state index < -0.39 is 23.2 Å². The lowest BCUT2D eigenvalue weighted by Crippen LogP contribution is -2.17. The maximum Gasteiger partial charge on any atom is 0.340 e. The average Bonchev–Trinajstić information content (AvgIpc) is 2.87. The van der Waals surface area contributed by atoms with Gasteiger partial charge in [-0.3, -0.25) is 0 Å². The van der Waals surface area contributed by atoms with E-state index in [9.17, 15) is 13.6 Å². The molecule has 0 amide bonds. The highest BCUT2D eigenvalue weighted by Crippen LogP contribution is 2.24. The van der Waals surface area contributed by atoms with Crippen molar-refractivity contribution >= 4 is 11.7 Å². The van der Waals surface area contributed by atoms with Gasteiger partial charge < -0.3 is 10.1 Å². The lowest BCUT2D eigenvalue weighted by molar-refractivity contribution is 0.0594. The summed E-state index contributed by atoms with van der Waals surface area (Å²) in [4.78, 5) is 11.2. The minimum atomic E-state index is -1.18. The van der Waals surface area contributed by atoms with Gasteiger partial charge in [0.2, 0.25) is 0 Å². The Hall–Kier alpha value is -1.91. The Morgan fingerprint density at radius 3 is 2.56 bits per heavy atom. The molecule has 1 N–H and O–H groups in total. The smallest absolute Gasteiger partial charge is 0.340 e. The molecule has 0 saturated heterocycles. The largest absolute Gasteiger partial charge is 0.465 e. The van der Waals surface area contributed by atoms with Crippen LogP contribution >= 0.6 is 0 Å². The van der Waals surface area contributed by atoms with Crippen LogP contribution in [0.25, 0.3) is 0 Å². The van der Waals surface area contributed by atoms with Crippen LogP contribution in [-0.2, 0) is 4.74 Å². The maximum absolute atomic E-state index is 13.7. The highest BCUT2D eigenvalue weighted by molar-refractivity contribution is 5.90. The van der Waals surface area contributed by atoms with Gasteiger partial charge in [0.05, 0.1) is 18.4 Å². The van der Waals surface area contributed by atoms with Crippen molar-refractivity contribution in [3.05, 3.63) is 41.5 Å². The predicted molar refractivity (Wildman–Crippen MR) is 63.5 cm³/mol. The van der Waals surface area contributed by atoms with Crippen LogP contribution in [0.1, 0.15) is 23.2 Å². The van der Waals surface area contributed by atoms with Crippen molar-refractivity contribution in [2.45, 2.75) is 18.9 Å². The van der Waals surface area contributed by atoms with E-state index in [2.05, 4.69) is 10.1 Å². The molecule has 0 unspecified atom stereocenters. The molecule has 18 heavy (non-hydrogen) atoms. The standard InChI is InChI=1S/C13H13F2NO2/c1-18-13(17)9-6-7-10(12(15)11(9)14)16-8-4-2-3-5-8/h2-3,6-8,16H,4-5H2,1H3. The Bertz CT molecular complexity index is 492. The monoisotopic (exact) mass is 253 g/mol. The number of esters is 1. The quantitative estimate of drug-likeness (QED) is 0.665. The maximum atomic E-state index is 13.7. The molecule has 1 aromatic carbocycles. The summed E-state index contributed by atoms with van der Waals surface area (Å²) in [5.74, 6) is -3.12. The molecule has 1 aromatic rings. The third-order valence-corrected chi connectivity index (χ3v) is 2.86. The minimum Gasteiger partial charge on any atom is -0.465 e. The molecule has 1 aliphatic rings. The molecular weight excluding hydrogens is 240 g/mol.